The summed E-state index contributed by atoms with van der Waals surface area (Å²) in [4.78, 5) is 27.6. The number of carboxylic acids is 1. The Labute approximate surface area is 235 Å². The number of carboxylic acid groups (broad SMARTS) is 1. The standard InChI is InChI=1S/C30H24Cl2N4O3/c1-18(19-5-7-20(8-6-19)30(39)34-13-11-28(37)38)36-27-16-21(26-4-2-3-12-33-26)9-10-25(27)29(35-36)22-14-23(31)17-24(32)15-22/h2-10,12,14-18H,11,13H2,1H3,(H,34,39)(H,37,38)/t18-/m0/s1. The molecular formula is C30H24Cl2N4O3. The molecule has 1 amide bonds. The molecule has 9 heteroatoms. The Kier molecular flexibility index (Phi) is 7.63. The van der Waals surface area contributed by atoms with Crippen molar-refractivity contribution in [3.05, 3.63) is 106 Å². The highest BCUT2D eigenvalue weighted by Gasteiger charge is 2.19. The molecule has 0 aliphatic carbocycles. The Hall–Kier alpha value is -4.20. The van der Waals surface area contributed by atoms with Crippen molar-refractivity contribution < 1.29 is 14.7 Å². The fourth-order valence-corrected chi connectivity index (χ4v) is 4.99. The zero-order chi connectivity index (χ0) is 27.5. The number of aliphatic carboxylic acids is 1. The van der Waals surface area contributed by atoms with Gasteiger partial charge in [0.05, 0.1) is 23.7 Å². The summed E-state index contributed by atoms with van der Waals surface area (Å²) >= 11 is 12.6. The van der Waals surface area contributed by atoms with Crippen molar-refractivity contribution in [2.24, 2.45) is 0 Å². The number of hydrogen-bond acceptors (Lipinski definition) is 4. The topological polar surface area (TPSA) is 97.1 Å². The maximum atomic E-state index is 12.4. The number of nitrogens with zero attached hydrogens (tertiary/aromatic N) is 3. The highest BCUT2D eigenvalue weighted by Crippen LogP contribution is 2.36. The average Bonchev–Trinajstić information content (AvgIpc) is 3.31. The Morgan fingerprint density at radius 2 is 1.69 bits per heavy atom. The molecular weight excluding hydrogens is 535 g/mol. The summed E-state index contributed by atoms with van der Waals surface area (Å²) in [5.74, 6) is -1.28. The molecule has 7 nitrogen and oxygen atoms in total. The van der Waals surface area contributed by atoms with Gasteiger partial charge in [-0.05, 0) is 67.1 Å². The van der Waals surface area contributed by atoms with Crippen LogP contribution in [0.15, 0.2) is 85.1 Å². The van der Waals surface area contributed by atoms with Crippen molar-refractivity contribution in [3.63, 3.8) is 0 Å². The number of rotatable bonds is 8. The normalized spacial score (nSPS) is 11.9. The second kappa shape index (κ2) is 11.3. The van der Waals surface area contributed by atoms with Crippen LogP contribution in [0.4, 0.5) is 0 Å². The molecule has 0 spiro atoms. The van der Waals surface area contributed by atoms with E-state index < -0.39 is 5.97 Å². The van der Waals surface area contributed by atoms with Crippen LogP contribution in [0.3, 0.4) is 0 Å². The average molecular weight is 559 g/mol. The minimum atomic E-state index is -0.962. The van der Waals surface area contributed by atoms with E-state index in [1.807, 2.05) is 66.2 Å². The molecule has 1 atom stereocenters. The van der Waals surface area contributed by atoms with Crippen LogP contribution in [0, 0.1) is 0 Å². The molecule has 2 N–H and O–H groups in total. The van der Waals surface area contributed by atoms with Gasteiger partial charge in [0.25, 0.3) is 5.91 Å². The fourth-order valence-electron chi connectivity index (χ4n) is 4.47. The Morgan fingerprint density at radius 1 is 0.949 bits per heavy atom. The van der Waals surface area contributed by atoms with Gasteiger partial charge in [0.15, 0.2) is 0 Å². The number of aromatic nitrogens is 3. The lowest BCUT2D eigenvalue weighted by Crippen LogP contribution is -2.26. The van der Waals surface area contributed by atoms with E-state index in [2.05, 4.69) is 16.4 Å². The zero-order valence-electron chi connectivity index (χ0n) is 20.9. The summed E-state index contributed by atoms with van der Waals surface area (Å²) < 4.78 is 1.95. The number of hydrogen-bond donors (Lipinski definition) is 2. The van der Waals surface area contributed by atoms with Crippen LogP contribution < -0.4 is 5.32 Å². The molecule has 2 heterocycles. The molecule has 0 fully saturated rings. The number of pyridine rings is 1. The summed E-state index contributed by atoms with van der Waals surface area (Å²) in [6.45, 7) is 2.11. The molecule has 2 aromatic heterocycles. The molecule has 0 aliphatic rings. The number of carbonyl (C=O) groups is 2. The van der Waals surface area contributed by atoms with Crippen molar-refractivity contribution in [1.82, 2.24) is 20.1 Å². The number of halogens is 2. The van der Waals surface area contributed by atoms with Gasteiger partial charge in [-0.2, -0.15) is 5.10 Å². The monoisotopic (exact) mass is 558 g/mol. The van der Waals surface area contributed by atoms with Gasteiger partial charge in [0.2, 0.25) is 0 Å². The highest BCUT2D eigenvalue weighted by molar-refractivity contribution is 6.35. The van der Waals surface area contributed by atoms with Crippen molar-refractivity contribution in [1.29, 1.82) is 0 Å². The van der Waals surface area contributed by atoms with Crippen molar-refractivity contribution >= 4 is 46.0 Å². The molecule has 0 bridgehead atoms. The Bertz CT molecular complexity index is 1650. The number of benzene rings is 3. The second-order valence-corrected chi connectivity index (χ2v) is 9.97. The smallest absolute Gasteiger partial charge is 0.305 e. The van der Waals surface area contributed by atoms with Gasteiger partial charge in [-0.3, -0.25) is 19.3 Å². The minimum Gasteiger partial charge on any atom is -0.481 e. The lowest BCUT2D eigenvalue weighted by molar-refractivity contribution is -0.136. The van der Waals surface area contributed by atoms with E-state index in [1.165, 1.54) is 0 Å². The first kappa shape index (κ1) is 26.4. The van der Waals surface area contributed by atoms with E-state index in [0.29, 0.717) is 15.6 Å². The van der Waals surface area contributed by atoms with Gasteiger partial charge >= 0.3 is 5.97 Å². The predicted octanol–water partition coefficient (Wildman–Crippen LogP) is 6.89. The lowest BCUT2D eigenvalue weighted by atomic mass is 10.0. The fraction of sp³-hybridized carbons (Fsp3) is 0.133. The molecule has 0 unspecified atom stereocenters. The number of carbonyl (C=O) groups excluding carboxylic acids is 1. The third kappa shape index (κ3) is 5.79. The first-order chi connectivity index (χ1) is 18.8. The molecule has 5 rings (SSSR count). The van der Waals surface area contributed by atoms with E-state index in [9.17, 15) is 9.59 Å². The van der Waals surface area contributed by atoms with Gasteiger partial charge < -0.3 is 10.4 Å². The Morgan fingerprint density at radius 3 is 2.36 bits per heavy atom. The van der Waals surface area contributed by atoms with Crippen molar-refractivity contribution in [2.75, 3.05) is 6.54 Å². The molecule has 0 radical (unpaired) electrons. The maximum Gasteiger partial charge on any atom is 0.305 e. The summed E-state index contributed by atoms with van der Waals surface area (Å²) in [5.41, 5.74) is 5.68. The summed E-state index contributed by atoms with van der Waals surface area (Å²) in [7, 11) is 0. The maximum absolute atomic E-state index is 12.4. The lowest BCUT2D eigenvalue weighted by Gasteiger charge is -2.15. The SMILES string of the molecule is C[C@@H](c1ccc(C(=O)NCCC(=O)O)cc1)n1nc(-c2cc(Cl)cc(Cl)c2)c2ccc(-c3ccccn3)cc21. The molecule has 0 saturated carbocycles. The van der Waals surface area contributed by atoms with Gasteiger partial charge in [0.1, 0.15) is 5.69 Å². The molecule has 0 saturated heterocycles. The second-order valence-electron chi connectivity index (χ2n) is 9.10. The number of amides is 1. The van der Waals surface area contributed by atoms with E-state index >= 15 is 0 Å². The van der Waals surface area contributed by atoms with Gasteiger partial charge in [0, 0.05) is 44.9 Å². The predicted molar refractivity (Wildman–Crippen MR) is 153 cm³/mol. The quantitative estimate of drug-likeness (QED) is 0.216. The van der Waals surface area contributed by atoms with Gasteiger partial charge in [-0.1, -0.05) is 47.5 Å². The summed E-state index contributed by atoms with van der Waals surface area (Å²) in [6, 6.07) is 24.3. The third-order valence-electron chi connectivity index (χ3n) is 6.45. The van der Waals surface area contributed by atoms with E-state index in [4.69, 9.17) is 33.4 Å². The Balaban J connectivity index is 1.55. The summed E-state index contributed by atoms with van der Waals surface area (Å²) in [6.07, 6.45) is 1.63. The zero-order valence-corrected chi connectivity index (χ0v) is 22.4. The molecule has 196 valence electrons. The van der Waals surface area contributed by atoms with E-state index in [1.54, 1.807) is 24.4 Å². The minimum absolute atomic E-state index is 0.0699. The van der Waals surface area contributed by atoms with Crippen LogP contribution in [0.2, 0.25) is 10.0 Å². The van der Waals surface area contributed by atoms with Crippen molar-refractivity contribution in [2.45, 2.75) is 19.4 Å². The molecule has 5 aromatic rings. The van der Waals surface area contributed by atoms with Crippen LogP contribution in [-0.2, 0) is 4.79 Å². The first-order valence-electron chi connectivity index (χ1n) is 12.3. The first-order valence-corrected chi connectivity index (χ1v) is 13.1. The van der Waals surface area contributed by atoms with Crippen LogP contribution >= 0.6 is 23.2 Å². The molecule has 0 aliphatic heterocycles. The largest absolute Gasteiger partial charge is 0.481 e. The van der Waals surface area contributed by atoms with Crippen LogP contribution in [0.5, 0.6) is 0 Å². The van der Waals surface area contributed by atoms with Gasteiger partial charge in [-0.25, -0.2) is 0 Å². The van der Waals surface area contributed by atoms with Gasteiger partial charge in [-0.15, -0.1) is 0 Å². The molecule has 3 aromatic carbocycles. The molecule has 39 heavy (non-hydrogen) atoms. The number of fused-ring (bicyclic) bond motifs is 1. The van der Waals surface area contributed by atoms with Crippen LogP contribution in [0.1, 0.15) is 35.3 Å². The summed E-state index contributed by atoms with van der Waals surface area (Å²) in [5, 5.41) is 18.4. The van der Waals surface area contributed by atoms with Crippen molar-refractivity contribution in [3.8, 4) is 22.5 Å². The number of nitrogens with one attached hydrogen (secondary N) is 1. The third-order valence-corrected chi connectivity index (χ3v) is 6.89. The van der Waals surface area contributed by atoms with E-state index in [-0.39, 0.29) is 24.9 Å². The van der Waals surface area contributed by atoms with Crippen LogP contribution in [-0.4, -0.2) is 38.3 Å². The van der Waals surface area contributed by atoms with Crippen LogP contribution in [0.25, 0.3) is 33.4 Å². The van der Waals surface area contributed by atoms with E-state index in [0.717, 1.165) is 39.0 Å². The highest BCUT2D eigenvalue weighted by atomic mass is 35.5.